The van der Waals surface area contributed by atoms with Gasteiger partial charge in [0, 0.05) is 42.9 Å². The monoisotopic (exact) mass is 272 g/mol. The molecule has 2 atom stereocenters. The van der Waals surface area contributed by atoms with Crippen molar-refractivity contribution in [1.29, 1.82) is 0 Å². The second-order valence-electron chi connectivity index (χ2n) is 6.18. The Morgan fingerprint density at radius 2 is 2.28 bits per heavy atom. The van der Waals surface area contributed by atoms with Gasteiger partial charge in [-0.2, -0.15) is 11.8 Å². The molecule has 1 N–H and O–H groups in total. The molecule has 0 aromatic carbocycles. The third-order valence-electron chi connectivity index (χ3n) is 4.27. The van der Waals surface area contributed by atoms with Crippen LogP contribution in [0.1, 0.15) is 26.2 Å². The van der Waals surface area contributed by atoms with Crippen LogP contribution in [0.5, 0.6) is 0 Å². The zero-order valence-electron chi connectivity index (χ0n) is 12.1. The van der Waals surface area contributed by atoms with Crippen molar-refractivity contribution in [3.8, 4) is 0 Å². The molecule has 2 fully saturated rings. The number of nitrogens with zero attached hydrogens (tertiary/aromatic N) is 1. The second kappa shape index (κ2) is 6.60. The average Bonchev–Trinajstić information content (AvgIpc) is 3.08. The Morgan fingerprint density at radius 1 is 1.50 bits per heavy atom. The number of hydrogen-bond donors (Lipinski definition) is 1. The lowest BCUT2D eigenvalue weighted by atomic mass is 9.86. The molecule has 1 saturated heterocycles. The van der Waals surface area contributed by atoms with Crippen molar-refractivity contribution >= 4 is 11.8 Å². The van der Waals surface area contributed by atoms with Gasteiger partial charge in [-0.1, -0.05) is 0 Å². The molecular weight excluding hydrogens is 244 g/mol. The van der Waals surface area contributed by atoms with Gasteiger partial charge >= 0.3 is 0 Å². The number of rotatable bonds is 8. The van der Waals surface area contributed by atoms with Crippen molar-refractivity contribution in [2.24, 2.45) is 5.41 Å². The zero-order chi connectivity index (χ0) is 13.0. The number of nitrogens with one attached hydrogen (secondary N) is 1. The van der Waals surface area contributed by atoms with Crippen molar-refractivity contribution in [3.63, 3.8) is 0 Å². The first-order valence-electron chi connectivity index (χ1n) is 7.15. The van der Waals surface area contributed by atoms with E-state index in [1.165, 1.54) is 25.0 Å². The Hall–Kier alpha value is 0.230. The van der Waals surface area contributed by atoms with Gasteiger partial charge in [0.2, 0.25) is 0 Å². The fraction of sp³-hybridized carbons (Fsp3) is 1.00. The SMILES string of the molecule is CSCC(C)N(C)CC1(CNC2CC2)CCOC1. The Labute approximate surface area is 116 Å². The van der Waals surface area contributed by atoms with Crippen LogP contribution in [0.25, 0.3) is 0 Å². The van der Waals surface area contributed by atoms with Crippen LogP contribution in [0, 0.1) is 5.41 Å². The molecule has 2 rings (SSSR count). The highest BCUT2D eigenvalue weighted by Crippen LogP contribution is 2.31. The molecule has 3 nitrogen and oxygen atoms in total. The van der Waals surface area contributed by atoms with E-state index in [4.69, 9.17) is 4.74 Å². The molecule has 0 amide bonds. The Balaban J connectivity index is 1.83. The molecular formula is C14H28N2OS. The number of hydrogen-bond acceptors (Lipinski definition) is 4. The van der Waals surface area contributed by atoms with Gasteiger partial charge in [-0.3, -0.25) is 0 Å². The highest BCUT2D eigenvalue weighted by molar-refractivity contribution is 7.98. The highest BCUT2D eigenvalue weighted by atomic mass is 32.2. The van der Waals surface area contributed by atoms with Gasteiger partial charge in [0.1, 0.15) is 0 Å². The number of ether oxygens (including phenoxy) is 1. The summed E-state index contributed by atoms with van der Waals surface area (Å²) >= 11 is 1.93. The van der Waals surface area contributed by atoms with Crippen LogP contribution in [-0.4, -0.2) is 62.3 Å². The smallest absolute Gasteiger partial charge is 0.0547 e. The van der Waals surface area contributed by atoms with Gasteiger partial charge < -0.3 is 15.0 Å². The van der Waals surface area contributed by atoms with Gasteiger partial charge in [0.15, 0.2) is 0 Å². The Kier molecular flexibility index (Phi) is 5.36. The fourth-order valence-electron chi connectivity index (χ4n) is 2.67. The van der Waals surface area contributed by atoms with E-state index in [-0.39, 0.29) is 0 Å². The molecule has 0 aromatic heterocycles. The first kappa shape index (κ1) is 14.6. The van der Waals surface area contributed by atoms with Crippen LogP contribution < -0.4 is 5.32 Å². The second-order valence-corrected chi connectivity index (χ2v) is 7.09. The van der Waals surface area contributed by atoms with Crippen LogP contribution in [0.2, 0.25) is 0 Å². The zero-order valence-corrected chi connectivity index (χ0v) is 12.9. The van der Waals surface area contributed by atoms with Crippen molar-refractivity contribution in [2.45, 2.75) is 38.3 Å². The molecule has 2 aliphatic rings. The molecule has 4 heteroatoms. The van der Waals surface area contributed by atoms with Gasteiger partial charge in [-0.15, -0.1) is 0 Å². The Bertz CT molecular complexity index is 252. The number of thioether (sulfide) groups is 1. The standard InChI is InChI=1S/C14H28N2OS/c1-12(8-18-3)16(2)10-14(6-7-17-11-14)9-15-13-4-5-13/h12-13,15H,4-11H2,1-3H3. The van der Waals surface area contributed by atoms with E-state index >= 15 is 0 Å². The van der Waals surface area contributed by atoms with Crippen molar-refractivity contribution in [1.82, 2.24) is 10.2 Å². The lowest BCUT2D eigenvalue weighted by Crippen LogP contribution is -2.47. The molecule has 0 radical (unpaired) electrons. The minimum Gasteiger partial charge on any atom is -0.381 e. The quantitative estimate of drug-likeness (QED) is 0.728. The molecule has 0 bridgehead atoms. The van der Waals surface area contributed by atoms with E-state index in [9.17, 15) is 0 Å². The van der Waals surface area contributed by atoms with Gasteiger partial charge in [0.05, 0.1) is 6.61 Å². The van der Waals surface area contributed by atoms with Crippen LogP contribution in [-0.2, 0) is 4.74 Å². The van der Waals surface area contributed by atoms with Crippen LogP contribution in [0.3, 0.4) is 0 Å². The summed E-state index contributed by atoms with van der Waals surface area (Å²) in [6.07, 6.45) is 6.14. The fourth-order valence-corrected chi connectivity index (χ4v) is 3.41. The van der Waals surface area contributed by atoms with Crippen LogP contribution in [0.4, 0.5) is 0 Å². The summed E-state index contributed by atoms with van der Waals surface area (Å²) < 4.78 is 5.68. The minimum absolute atomic E-state index is 0.351. The first-order valence-corrected chi connectivity index (χ1v) is 8.55. The molecule has 1 saturated carbocycles. The van der Waals surface area contributed by atoms with Crippen molar-refractivity contribution in [2.75, 3.05) is 45.4 Å². The summed E-state index contributed by atoms with van der Waals surface area (Å²) in [4.78, 5) is 2.51. The average molecular weight is 272 g/mol. The molecule has 1 heterocycles. The molecule has 1 aliphatic carbocycles. The lowest BCUT2D eigenvalue weighted by molar-refractivity contribution is 0.108. The largest absolute Gasteiger partial charge is 0.381 e. The lowest BCUT2D eigenvalue weighted by Gasteiger charge is -2.35. The highest BCUT2D eigenvalue weighted by Gasteiger charge is 2.38. The third kappa shape index (κ3) is 4.12. The summed E-state index contributed by atoms with van der Waals surface area (Å²) in [6, 6.07) is 1.45. The summed E-state index contributed by atoms with van der Waals surface area (Å²) in [5, 5.41) is 3.70. The van der Waals surface area contributed by atoms with E-state index in [1.54, 1.807) is 0 Å². The predicted molar refractivity (Wildman–Crippen MR) is 79.4 cm³/mol. The normalized spacial score (nSPS) is 30.0. The molecule has 2 unspecified atom stereocenters. The van der Waals surface area contributed by atoms with E-state index in [0.29, 0.717) is 11.5 Å². The van der Waals surface area contributed by atoms with Gasteiger partial charge in [0.25, 0.3) is 0 Å². The predicted octanol–water partition coefficient (Wildman–Crippen LogP) is 1.83. The van der Waals surface area contributed by atoms with Crippen LogP contribution >= 0.6 is 11.8 Å². The van der Waals surface area contributed by atoms with E-state index in [2.05, 4.69) is 30.4 Å². The molecule has 0 aromatic rings. The van der Waals surface area contributed by atoms with Gasteiger partial charge in [-0.05, 0) is 39.5 Å². The van der Waals surface area contributed by atoms with E-state index in [1.807, 2.05) is 11.8 Å². The third-order valence-corrected chi connectivity index (χ3v) is 5.09. The topological polar surface area (TPSA) is 24.5 Å². The maximum absolute atomic E-state index is 5.68. The van der Waals surface area contributed by atoms with E-state index in [0.717, 1.165) is 32.3 Å². The molecule has 0 spiro atoms. The molecule has 18 heavy (non-hydrogen) atoms. The maximum atomic E-state index is 5.68. The minimum atomic E-state index is 0.351. The summed E-state index contributed by atoms with van der Waals surface area (Å²) in [6.45, 7) is 6.50. The Morgan fingerprint density at radius 3 is 2.83 bits per heavy atom. The maximum Gasteiger partial charge on any atom is 0.0547 e. The van der Waals surface area contributed by atoms with Gasteiger partial charge in [-0.25, -0.2) is 0 Å². The summed E-state index contributed by atoms with van der Waals surface area (Å²) in [7, 11) is 2.26. The first-order chi connectivity index (χ1) is 8.65. The van der Waals surface area contributed by atoms with E-state index < -0.39 is 0 Å². The molecule has 106 valence electrons. The van der Waals surface area contributed by atoms with Crippen molar-refractivity contribution in [3.05, 3.63) is 0 Å². The van der Waals surface area contributed by atoms with Crippen LogP contribution in [0.15, 0.2) is 0 Å². The van der Waals surface area contributed by atoms with Crippen molar-refractivity contribution < 1.29 is 4.74 Å². The summed E-state index contributed by atoms with van der Waals surface area (Å²) in [5.74, 6) is 1.21. The molecule has 1 aliphatic heterocycles. The summed E-state index contributed by atoms with van der Waals surface area (Å²) in [5.41, 5.74) is 0.351.